The Morgan fingerprint density at radius 1 is 1.09 bits per heavy atom. The Labute approximate surface area is 125 Å². The number of non-ortho nitro benzene ring substituents is 1. The maximum absolute atomic E-state index is 12.2. The molecule has 1 N–H and O–H groups in total. The van der Waals surface area contributed by atoms with E-state index in [9.17, 15) is 24.8 Å². The highest BCUT2D eigenvalue weighted by molar-refractivity contribution is 6.10. The second-order valence-corrected chi connectivity index (χ2v) is 4.54. The van der Waals surface area contributed by atoms with E-state index in [1.54, 1.807) is 6.92 Å². The number of carboxylic acids is 1. The van der Waals surface area contributed by atoms with Crippen molar-refractivity contribution in [1.82, 2.24) is 0 Å². The molecule has 0 fully saturated rings. The number of anilines is 1. The van der Waals surface area contributed by atoms with Crippen LogP contribution in [0, 0.1) is 17.0 Å². The molecule has 7 nitrogen and oxygen atoms in total. The van der Waals surface area contributed by atoms with Gasteiger partial charge in [-0.05, 0) is 24.6 Å². The highest BCUT2D eigenvalue weighted by Gasteiger charge is 2.14. The molecule has 2 aromatic carbocycles. The van der Waals surface area contributed by atoms with Gasteiger partial charge in [0.15, 0.2) is 0 Å². The van der Waals surface area contributed by atoms with E-state index < -0.39 is 16.8 Å². The van der Waals surface area contributed by atoms with Crippen LogP contribution in [0.5, 0.6) is 0 Å². The molecule has 0 atom stereocenters. The molecule has 2 rings (SSSR count). The van der Waals surface area contributed by atoms with Crippen LogP contribution in [0.1, 0.15) is 26.3 Å². The largest absolute Gasteiger partial charge is 0.545 e. The molecule has 0 aliphatic heterocycles. The van der Waals surface area contributed by atoms with E-state index >= 15 is 0 Å². The van der Waals surface area contributed by atoms with Crippen molar-refractivity contribution in [2.45, 2.75) is 6.92 Å². The molecule has 0 heterocycles. The van der Waals surface area contributed by atoms with Crippen molar-refractivity contribution in [2.75, 3.05) is 5.32 Å². The first-order chi connectivity index (χ1) is 10.4. The SMILES string of the molecule is Cc1cc([N+](=O)[O-])ccc1NC(=O)c1ccccc1C(=O)[O-]. The van der Waals surface area contributed by atoms with Crippen LogP contribution in [0.2, 0.25) is 0 Å². The van der Waals surface area contributed by atoms with Crippen LogP contribution in [-0.2, 0) is 0 Å². The van der Waals surface area contributed by atoms with Gasteiger partial charge in [-0.2, -0.15) is 0 Å². The monoisotopic (exact) mass is 299 g/mol. The van der Waals surface area contributed by atoms with Crippen LogP contribution < -0.4 is 10.4 Å². The second-order valence-electron chi connectivity index (χ2n) is 4.54. The van der Waals surface area contributed by atoms with Crippen molar-refractivity contribution in [3.63, 3.8) is 0 Å². The number of nitrogens with one attached hydrogen (secondary N) is 1. The molecule has 0 aromatic heterocycles. The Morgan fingerprint density at radius 2 is 1.73 bits per heavy atom. The van der Waals surface area contributed by atoms with Crippen molar-refractivity contribution >= 4 is 23.3 Å². The molecule has 0 aliphatic rings. The summed E-state index contributed by atoms with van der Waals surface area (Å²) in [4.78, 5) is 33.3. The van der Waals surface area contributed by atoms with Gasteiger partial charge in [0.25, 0.3) is 11.6 Å². The number of benzene rings is 2. The summed E-state index contributed by atoms with van der Waals surface area (Å²) in [6, 6.07) is 9.62. The lowest BCUT2D eigenvalue weighted by molar-refractivity contribution is -0.384. The van der Waals surface area contributed by atoms with Gasteiger partial charge in [-0.1, -0.05) is 18.2 Å². The highest BCUT2D eigenvalue weighted by Crippen LogP contribution is 2.22. The van der Waals surface area contributed by atoms with Gasteiger partial charge in [0.2, 0.25) is 0 Å². The van der Waals surface area contributed by atoms with Gasteiger partial charge in [0.05, 0.1) is 10.9 Å². The summed E-state index contributed by atoms with van der Waals surface area (Å²) in [6.45, 7) is 1.60. The summed E-state index contributed by atoms with van der Waals surface area (Å²) < 4.78 is 0. The Kier molecular flexibility index (Phi) is 4.17. The van der Waals surface area contributed by atoms with E-state index in [0.29, 0.717) is 11.3 Å². The molecule has 1 amide bonds. The molecular formula is C15H11N2O5-. The fourth-order valence-electron chi connectivity index (χ4n) is 1.95. The first-order valence-electron chi connectivity index (χ1n) is 6.27. The van der Waals surface area contributed by atoms with Crippen molar-refractivity contribution in [1.29, 1.82) is 0 Å². The minimum atomic E-state index is -1.45. The molecule has 0 saturated heterocycles. The summed E-state index contributed by atoms with van der Waals surface area (Å²) in [7, 11) is 0. The first kappa shape index (κ1) is 15.2. The van der Waals surface area contributed by atoms with Crippen molar-refractivity contribution in [3.8, 4) is 0 Å². The zero-order valence-electron chi connectivity index (χ0n) is 11.5. The number of nitrogens with zero attached hydrogens (tertiary/aromatic N) is 1. The van der Waals surface area contributed by atoms with Crippen molar-refractivity contribution in [3.05, 3.63) is 69.3 Å². The lowest BCUT2D eigenvalue weighted by Gasteiger charge is -2.12. The number of aryl methyl sites for hydroxylation is 1. The van der Waals surface area contributed by atoms with Crippen LogP contribution in [0.15, 0.2) is 42.5 Å². The van der Waals surface area contributed by atoms with Gasteiger partial charge in [-0.3, -0.25) is 14.9 Å². The number of hydrogen-bond donors (Lipinski definition) is 1. The standard InChI is InChI=1S/C15H12N2O5/c1-9-8-10(17(21)22)6-7-13(9)16-14(18)11-4-2-3-5-12(11)15(19)20/h2-8H,1H3,(H,16,18)(H,19,20)/p-1. The highest BCUT2D eigenvalue weighted by atomic mass is 16.6. The third-order valence-corrected chi connectivity index (χ3v) is 3.06. The minimum Gasteiger partial charge on any atom is -0.545 e. The van der Waals surface area contributed by atoms with E-state index in [4.69, 9.17) is 0 Å². The fourth-order valence-corrected chi connectivity index (χ4v) is 1.95. The number of carbonyl (C=O) groups is 2. The lowest BCUT2D eigenvalue weighted by Crippen LogP contribution is -2.26. The molecule has 0 unspecified atom stereocenters. The van der Waals surface area contributed by atoms with E-state index in [2.05, 4.69) is 5.32 Å². The number of nitro groups is 1. The van der Waals surface area contributed by atoms with Gasteiger partial charge in [-0.25, -0.2) is 0 Å². The molecule has 0 saturated carbocycles. The molecule has 22 heavy (non-hydrogen) atoms. The fraction of sp³-hybridized carbons (Fsp3) is 0.0667. The first-order valence-corrected chi connectivity index (χ1v) is 6.27. The zero-order chi connectivity index (χ0) is 16.3. The summed E-state index contributed by atoms with van der Waals surface area (Å²) in [6.07, 6.45) is 0. The normalized spacial score (nSPS) is 10.0. The Morgan fingerprint density at radius 3 is 2.27 bits per heavy atom. The van der Waals surface area contributed by atoms with Gasteiger partial charge in [0, 0.05) is 28.9 Å². The summed E-state index contributed by atoms with van der Waals surface area (Å²) in [5, 5.41) is 24.2. The predicted octanol–water partition coefficient (Wildman–Crippen LogP) is 1.52. The van der Waals surface area contributed by atoms with E-state index in [-0.39, 0.29) is 16.8 Å². The number of rotatable bonds is 4. The third kappa shape index (κ3) is 3.09. The minimum absolute atomic E-state index is 0.0414. The van der Waals surface area contributed by atoms with Crippen LogP contribution in [0.25, 0.3) is 0 Å². The van der Waals surface area contributed by atoms with Crippen molar-refractivity contribution in [2.24, 2.45) is 0 Å². The van der Waals surface area contributed by atoms with E-state index in [1.165, 1.54) is 42.5 Å². The zero-order valence-corrected chi connectivity index (χ0v) is 11.5. The van der Waals surface area contributed by atoms with E-state index in [0.717, 1.165) is 0 Å². The smallest absolute Gasteiger partial charge is 0.269 e. The molecule has 0 spiro atoms. The maximum Gasteiger partial charge on any atom is 0.269 e. The summed E-state index contributed by atoms with van der Waals surface area (Å²) >= 11 is 0. The average Bonchev–Trinajstić information content (AvgIpc) is 2.48. The topological polar surface area (TPSA) is 112 Å². The molecular weight excluding hydrogens is 288 g/mol. The summed E-state index contributed by atoms with van der Waals surface area (Å²) in [5.41, 5.74) is 0.502. The predicted molar refractivity (Wildman–Crippen MR) is 76.6 cm³/mol. The van der Waals surface area contributed by atoms with Gasteiger partial charge in [0.1, 0.15) is 0 Å². The van der Waals surface area contributed by atoms with Crippen LogP contribution in [0.4, 0.5) is 11.4 Å². The van der Waals surface area contributed by atoms with Gasteiger partial charge in [-0.15, -0.1) is 0 Å². The van der Waals surface area contributed by atoms with Gasteiger partial charge < -0.3 is 15.2 Å². The second kappa shape index (κ2) is 6.04. The maximum atomic E-state index is 12.2. The molecule has 2 aromatic rings. The molecule has 0 radical (unpaired) electrons. The number of aromatic carboxylic acids is 1. The lowest BCUT2D eigenvalue weighted by atomic mass is 10.1. The Hall–Kier alpha value is -3.22. The average molecular weight is 299 g/mol. The number of carboxylic acid groups (broad SMARTS) is 1. The molecule has 0 bridgehead atoms. The number of amides is 1. The molecule has 112 valence electrons. The van der Waals surface area contributed by atoms with Crippen LogP contribution >= 0.6 is 0 Å². The van der Waals surface area contributed by atoms with Gasteiger partial charge >= 0.3 is 0 Å². The number of nitro benzene ring substituents is 1. The molecule has 0 aliphatic carbocycles. The number of carbonyl (C=O) groups excluding carboxylic acids is 2. The van der Waals surface area contributed by atoms with Crippen molar-refractivity contribution < 1.29 is 19.6 Å². The quantitative estimate of drug-likeness (QED) is 0.679. The van der Waals surface area contributed by atoms with Crippen LogP contribution in [-0.4, -0.2) is 16.8 Å². The molecule has 7 heteroatoms. The van der Waals surface area contributed by atoms with E-state index in [1.807, 2.05) is 0 Å². The third-order valence-electron chi connectivity index (χ3n) is 3.06. The Bertz CT molecular complexity index is 770. The van der Waals surface area contributed by atoms with Crippen LogP contribution in [0.3, 0.4) is 0 Å². The summed E-state index contributed by atoms with van der Waals surface area (Å²) in [5.74, 6) is -2.08. The number of hydrogen-bond acceptors (Lipinski definition) is 5. The Balaban J connectivity index is 2.30.